The van der Waals surface area contributed by atoms with Crippen LogP contribution < -0.4 is 16.4 Å². The van der Waals surface area contributed by atoms with E-state index in [1.54, 1.807) is 0 Å². The second-order valence-corrected chi connectivity index (χ2v) is 10.2. The summed E-state index contributed by atoms with van der Waals surface area (Å²) in [4.78, 5) is 25.2. The number of fused-ring (bicyclic) bond motifs is 1. The summed E-state index contributed by atoms with van der Waals surface area (Å²) in [5.74, 6) is -3.22. The number of carbonyl (C=O) groups excluding carboxylic acids is 1. The molecule has 2 aliphatic rings. The van der Waals surface area contributed by atoms with Crippen LogP contribution in [-0.4, -0.2) is 37.4 Å². The van der Waals surface area contributed by atoms with Gasteiger partial charge in [-0.3, -0.25) is 9.36 Å². The van der Waals surface area contributed by atoms with Gasteiger partial charge in [-0.15, -0.1) is 0 Å². The first-order valence-electron chi connectivity index (χ1n) is 11.7. The fraction of sp³-hybridized carbons (Fsp3) is 0.478. The number of amides is 1. The van der Waals surface area contributed by atoms with E-state index < -0.39 is 17.8 Å². The Bertz CT molecular complexity index is 1290. The molecule has 0 saturated heterocycles. The molecule has 1 atom stereocenters. The molecule has 1 aromatic carbocycles. The molecule has 2 heterocycles. The fourth-order valence-corrected chi connectivity index (χ4v) is 5.60. The number of nitrogens with zero attached hydrogens (tertiary/aromatic N) is 4. The highest BCUT2D eigenvalue weighted by atomic mass is 35.5. The number of nitrogens with one attached hydrogen (secondary N) is 2. The number of aromatic nitrogens is 4. The molecular formula is C23H24Cl2F3N7O. The van der Waals surface area contributed by atoms with E-state index in [0.717, 1.165) is 12.1 Å². The van der Waals surface area contributed by atoms with Crippen LogP contribution in [-0.2, 0) is 4.79 Å². The number of nitrogens with two attached hydrogens (primary N) is 1. The quantitative estimate of drug-likeness (QED) is 0.362. The van der Waals surface area contributed by atoms with E-state index in [1.807, 2.05) is 4.57 Å². The van der Waals surface area contributed by atoms with Gasteiger partial charge in [0.05, 0.1) is 21.9 Å². The molecular weight excluding hydrogens is 518 g/mol. The maximum Gasteiger partial charge on any atom is 0.250 e. The Morgan fingerprint density at radius 1 is 1.11 bits per heavy atom. The number of primary amides is 1. The Balaban J connectivity index is 1.52. The second kappa shape index (κ2) is 9.59. The van der Waals surface area contributed by atoms with E-state index in [9.17, 15) is 18.0 Å². The monoisotopic (exact) mass is 541 g/mol. The Hall–Kier alpha value is -2.79. The van der Waals surface area contributed by atoms with Crippen molar-refractivity contribution < 1.29 is 18.0 Å². The third-order valence-corrected chi connectivity index (χ3v) is 7.47. The van der Waals surface area contributed by atoms with Crippen LogP contribution in [0, 0.1) is 11.7 Å². The Morgan fingerprint density at radius 2 is 1.81 bits per heavy atom. The first-order valence-corrected chi connectivity index (χ1v) is 12.5. The van der Waals surface area contributed by atoms with Crippen LogP contribution in [0.3, 0.4) is 0 Å². The number of anilines is 3. The summed E-state index contributed by atoms with van der Waals surface area (Å²) >= 11 is 12.5. The SMILES string of the molecule is NC(=O)[C@H]1CC[C@H](n2c(Nc3c(Cl)cc(F)cc3Cl)nc3cnc(N[C@@H]4CCC(F)(F)C4)nc32)CC1. The highest BCUT2D eigenvalue weighted by molar-refractivity contribution is 6.39. The maximum absolute atomic E-state index is 13.7. The predicted molar refractivity (Wildman–Crippen MR) is 131 cm³/mol. The Labute approximate surface area is 214 Å². The zero-order valence-electron chi connectivity index (χ0n) is 19.1. The van der Waals surface area contributed by atoms with Crippen LogP contribution in [0.25, 0.3) is 11.2 Å². The van der Waals surface area contributed by atoms with Gasteiger partial charge in [0.15, 0.2) is 5.65 Å². The minimum atomic E-state index is -2.70. The lowest BCUT2D eigenvalue weighted by Crippen LogP contribution is -2.29. The summed E-state index contributed by atoms with van der Waals surface area (Å²) in [5, 5.41) is 6.27. The second-order valence-electron chi connectivity index (χ2n) is 9.43. The van der Waals surface area contributed by atoms with Crippen molar-refractivity contribution in [1.82, 2.24) is 19.5 Å². The number of rotatable bonds is 6. The van der Waals surface area contributed by atoms with Gasteiger partial charge in [0, 0.05) is 30.8 Å². The summed E-state index contributed by atoms with van der Waals surface area (Å²) in [6.07, 6.45) is 3.86. The molecule has 2 fully saturated rings. The molecule has 13 heteroatoms. The summed E-state index contributed by atoms with van der Waals surface area (Å²) in [7, 11) is 0. The molecule has 192 valence electrons. The van der Waals surface area contributed by atoms with Gasteiger partial charge in [0.25, 0.3) is 0 Å². The molecule has 0 bridgehead atoms. The third-order valence-electron chi connectivity index (χ3n) is 6.88. The van der Waals surface area contributed by atoms with Crippen molar-refractivity contribution in [3.8, 4) is 0 Å². The van der Waals surface area contributed by atoms with E-state index in [0.29, 0.717) is 49.2 Å². The van der Waals surface area contributed by atoms with E-state index in [4.69, 9.17) is 28.9 Å². The zero-order chi connectivity index (χ0) is 25.6. The van der Waals surface area contributed by atoms with Crippen molar-refractivity contribution in [2.75, 3.05) is 10.6 Å². The fourth-order valence-electron chi connectivity index (χ4n) is 5.04. The minimum Gasteiger partial charge on any atom is -0.369 e. The van der Waals surface area contributed by atoms with Crippen molar-refractivity contribution in [3.63, 3.8) is 0 Å². The smallest absolute Gasteiger partial charge is 0.250 e. The van der Waals surface area contributed by atoms with Crippen molar-refractivity contribution in [1.29, 1.82) is 0 Å². The lowest BCUT2D eigenvalue weighted by atomic mass is 9.85. The summed E-state index contributed by atoms with van der Waals surface area (Å²) in [6, 6.07) is 1.75. The standard InChI is InChI=1S/C23H24Cl2F3N7O/c24-15-7-12(26)8-16(25)18(15)33-22-32-17-10-30-21(31-13-5-6-23(27,28)9-13)34-20(17)35(22)14-3-1-11(2-4-14)19(29)36/h7-8,10-11,13-14H,1-6,9H2,(H2,29,36)(H,32,33)(H,30,31,34)/t11-,13-,14-/m1/s1. The average Bonchev–Trinajstić information content (AvgIpc) is 3.34. The normalized spacial score (nSPS) is 23.6. The van der Waals surface area contributed by atoms with E-state index >= 15 is 0 Å². The van der Waals surface area contributed by atoms with Crippen LogP contribution in [0.5, 0.6) is 0 Å². The van der Waals surface area contributed by atoms with Crippen molar-refractivity contribution in [2.45, 2.75) is 63.0 Å². The van der Waals surface area contributed by atoms with Crippen LogP contribution in [0.4, 0.5) is 30.8 Å². The number of hydrogen-bond donors (Lipinski definition) is 3. The largest absolute Gasteiger partial charge is 0.369 e. The topological polar surface area (TPSA) is 111 Å². The van der Waals surface area contributed by atoms with Crippen LogP contribution in [0.15, 0.2) is 18.3 Å². The van der Waals surface area contributed by atoms with Gasteiger partial charge >= 0.3 is 0 Å². The molecule has 4 N–H and O–H groups in total. The van der Waals surface area contributed by atoms with Gasteiger partial charge in [-0.25, -0.2) is 23.1 Å². The zero-order valence-corrected chi connectivity index (χ0v) is 20.6. The van der Waals surface area contributed by atoms with Crippen molar-refractivity contribution >= 4 is 57.9 Å². The molecule has 2 saturated carbocycles. The maximum atomic E-state index is 13.7. The highest BCUT2D eigenvalue weighted by Gasteiger charge is 2.39. The molecule has 0 radical (unpaired) electrons. The molecule has 0 aliphatic heterocycles. The van der Waals surface area contributed by atoms with Gasteiger partial charge in [-0.1, -0.05) is 23.2 Å². The first kappa shape index (κ1) is 24.9. The number of carbonyl (C=O) groups is 1. The van der Waals surface area contributed by atoms with Crippen LogP contribution >= 0.6 is 23.2 Å². The van der Waals surface area contributed by atoms with Gasteiger partial charge in [-0.05, 0) is 44.2 Å². The first-order chi connectivity index (χ1) is 17.1. The van der Waals surface area contributed by atoms with Gasteiger partial charge in [0.2, 0.25) is 23.7 Å². The third kappa shape index (κ3) is 5.04. The van der Waals surface area contributed by atoms with Gasteiger partial charge in [-0.2, -0.15) is 4.98 Å². The number of halogens is 5. The van der Waals surface area contributed by atoms with E-state index in [1.165, 1.54) is 6.20 Å². The molecule has 8 nitrogen and oxygen atoms in total. The molecule has 0 unspecified atom stereocenters. The Kier molecular flexibility index (Phi) is 6.63. The minimum absolute atomic E-state index is 0.0756. The van der Waals surface area contributed by atoms with Gasteiger partial charge in [0.1, 0.15) is 11.3 Å². The van der Waals surface area contributed by atoms with Crippen molar-refractivity contribution in [3.05, 3.63) is 34.2 Å². The molecule has 2 aliphatic carbocycles. The molecule has 5 rings (SSSR count). The summed E-state index contributed by atoms with van der Waals surface area (Å²) < 4.78 is 42.9. The van der Waals surface area contributed by atoms with Gasteiger partial charge < -0.3 is 16.4 Å². The molecule has 0 spiro atoms. The Morgan fingerprint density at radius 3 is 2.42 bits per heavy atom. The predicted octanol–water partition coefficient (Wildman–Crippen LogP) is 5.83. The van der Waals surface area contributed by atoms with E-state index in [2.05, 4.69) is 25.6 Å². The molecule has 36 heavy (non-hydrogen) atoms. The summed E-state index contributed by atoms with van der Waals surface area (Å²) in [5.41, 5.74) is 6.73. The highest BCUT2D eigenvalue weighted by Crippen LogP contribution is 2.40. The van der Waals surface area contributed by atoms with Crippen molar-refractivity contribution in [2.24, 2.45) is 11.7 Å². The molecule has 3 aromatic rings. The number of alkyl halides is 2. The van der Waals surface area contributed by atoms with Crippen LogP contribution in [0.1, 0.15) is 51.0 Å². The number of hydrogen-bond acceptors (Lipinski definition) is 6. The summed E-state index contributed by atoms with van der Waals surface area (Å²) in [6.45, 7) is 0. The molecule has 2 aromatic heterocycles. The van der Waals surface area contributed by atoms with E-state index in [-0.39, 0.29) is 52.4 Å². The lowest BCUT2D eigenvalue weighted by molar-refractivity contribution is -0.122. The molecule has 1 amide bonds. The number of imidazole rings is 1. The number of benzene rings is 1. The van der Waals surface area contributed by atoms with Crippen LogP contribution in [0.2, 0.25) is 10.0 Å². The lowest BCUT2D eigenvalue weighted by Gasteiger charge is -2.29. The average molecular weight is 542 g/mol.